The number of aromatic hydroxyl groups is 1. The van der Waals surface area contributed by atoms with Crippen LogP contribution in [0, 0.1) is 23.2 Å². The molecule has 3 heterocycles. The molecule has 1 aliphatic carbocycles. The normalized spacial score (nSPS) is 16.6. The van der Waals surface area contributed by atoms with E-state index in [2.05, 4.69) is 16.5 Å². The highest BCUT2D eigenvalue weighted by atomic mass is 16.3. The Morgan fingerprint density at radius 1 is 1.42 bits per heavy atom. The molecule has 1 aliphatic heterocycles. The van der Waals surface area contributed by atoms with E-state index in [1.54, 1.807) is 17.2 Å². The molecule has 1 saturated carbocycles. The minimum absolute atomic E-state index is 0.0424. The highest BCUT2D eigenvalue weighted by Gasteiger charge is 2.34. The number of carbonyl (C=O) groups excluding carboxylic acids is 2. The molecule has 0 spiro atoms. The van der Waals surface area contributed by atoms with Gasteiger partial charge in [0.25, 0.3) is 5.91 Å². The number of hydrogen-bond acceptors (Lipinski definition) is 5. The van der Waals surface area contributed by atoms with Crippen molar-refractivity contribution in [3.8, 4) is 11.9 Å². The van der Waals surface area contributed by atoms with E-state index in [-0.39, 0.29) is 29.3 Å². The third-order valence-electron chi connectivity index (χ3n) is 5.44. The summed E-state index contributed by atoms with van der Waals surface area (Å²) in [4.78, 5) is 39.5. The van der Waals surface area contributed by atoms with Crippen LogP contribution in [0.5, 0.6) is 5.88 Å². The Labute approximate surface area is 178 Å². The van der Waals surface area contributed by atoms with Crippen molar-refractivity contribution in [2.24, 2.45) is 11.8 Å². The number of aromatic nitrogens is 3. The molecule has 2 aliphatic rings. The average molecular weight is 425 g/mol. The lowest BCUT2D eigenvalue weighted by molar-refractivity contribution is -0.686. The first kappa shape index (κ1) is 20.7. The Morgan fingerprint density at radius 3 is 2.74 bits per heavy atom. The van der Waals surface area contributed by atoms with Gasteiger partial charge in [0.05, 0.1) is 30.3 Å². The van der Waals surface area contributed by atoms with Gasteiger partial charge >= 0.3 is 17.1 Å². The number of likely N-dealkylation sites (tertiary alicyclic amines) is 1. The summed E-state index contributed by atoms with van der Waals surface area (Å²) >= 11 is 0. The Morgan fingerprint density at radius 2 is 2.13 bits per heavy atom. The molecular formula is C21H25N6O4+. The van der Waals surface area contributed by atoms with E-state index in [4.69, 9.17) is 5.26 Å². The van der Waals surface area contributed by atoms with Gasteiger partial charge in [-0.25, -0.2) is 9.89 Å². The molecule has 0 radical (unpaired) electrons. The van der Waals surface area contributed by atoms with Gasteiger partial charge in [-0.15, -0.1) is 0 Å². The van der Waals surface area contributed by atoms with Gasteiger partial charge < -0.3 is 15.3 Å². The van der Waals surface area contributed by atoms with Crippen molar-refractivity contribution < 1.29 is 19.3 Å². The zero-order chi connectivity index (χ0) is 22.3. The first-order valence-corrected chi connectivity index (χ1v) is 10.4. The zero-order valence-corrected chi connectivity index (χ0v) is 17.5. The zero-order valence-electron chi connectivity index (χ0n) is 17.5. The summed E-state index contributed by atoms with van der Waals surface area (Å²) in [5.74, 6) is -1.22. The Balaban J connectivity index is 1.73. The molecule has 10 nitrogen and oxygen atoms in total. The van der Waals surface area contributed by atoms with Crippen molar-refractivity contribution in [1.82, 2.24) is 19.8 Å². The molecule has 4 rings (SSSR count). The van der Waals surface area contributed by atoms with Crippen molar-refractivity contribution in [2.45, 2.75) is 39.3 Å². The van der Waals surface area contributed by atoms with Crippen LogP contribution in [-0.2, 0) is 11.3 Å². The monoisotopic (exact) mass is 425 g/mol. The third kappa shape index (κ3) is 3.91. The van der Waals surface area contributed by atoms with Crippen molar-refractivity contribution in [2.75, 3.05) is 13.1 Å². The number of amides is 2. The van der Waals surface area contributed by atoms with E-state index < -0.39 is 17.3 Å². The Kier molecular flexibility index (Phi) is 5.27. The maximum Gasteiger partial charge on any atom is 0.378 e. The Hall–Kier alpha value is -3.61. The summed E-state index contributed by atoms with van der Waals surface area (Å²) in [6.07, 6.45) is 6.21. The quantitative estimate of drug-likeness (QED) is 0.448. The lowest BCUT2D eigenvalue weighted by Gasteiger charge is -2.34. The van der Waals surface area contributed by atoms with E-state index >= 15 is 0 Å². The van der Waals surface area contributed by atoms with Crippen molar-refractivity contribution in [3.05, 3.63) is 33.8 Å². The van der Waals surface area contributed by atoms with Crippen LogP contribution in [0.25, 0.3) is 11.7 Å². The van der Waals surface area contributed by atoms with E-state index in [1.165, 1.54) is 15.2 Å². The van der Waals surface area contributed by atoms with E-state index in [0.717, 1.165) is 12.8 Å². The fourth-order valence-electron chi connectivity index (χ4n) is 3.61. The number of nitrogens with zero attached hydrogens (tertiary/aromatic N) is 4. The molecule has 162 valence electrons. The SMILES string of the molecule is CC(C)C[n+]1c(O)c(C(=O)NC2CC2)c(=O)n2[nH]cc(/C=C/C(=O)N3CC(C#N)C3)c21. The van der Waals surface area contributed by atoms with Crippen LogP contribution < -0.4 is 15.4 Å². The van der Waals surface area contributed by atoms with E-state index in [9.17, 15) is 19.5 Å². The second kappa shape index (κ2) is 7.91. The summed E-state index contributed by atoms with van der Waals surface area (Å²) < 4.78 is 2.73. The van der Waals surface area contributed by atoms with Gasteiger partial charge in [-0.1, -0.05) is 18.4 Å². The predicted octanol–water partition coefficient (Wildman–Crippen LogP) is 0.164. The van der Waals surface area contributed by atoms with Crippen molar-refractivity contribution in [1.29, 1.82) is 5.26 Å². The molecule has 1 saturated heterocycles. The molecule has 0 atom stereocenters. The maximum absolute atomic E-state index is 13.0. The molecule has 31 heavy (non-hydrogen) atoms. The molecule has 3 N–H and O–H groups in total. The molecule has 0 unspecified atom stereocenters. The van der Waals surface area contributed by atoms with Crippen LogP contribution in [0.15, 0.2) is 17.1 Å². The number of hydrogen-bond donors (Lipinski definition) is 3. The largest absolute Gasteiger partial charge is 0.477 e. The molecule has 0 aromatic carbocycles. The summed E-state index contributed by atoms with van der Waals surface area (Å²) in [5.41, 5.74) is -0.0764. The van der Waals surface area contributed by atoms with Crippen LogP contribution in [0.3, 0.4) is 0 Å². The van der Waals surface area contributed by atoms with Gasteiger partial charge in [-0.2, -0.15) is 9.83 Å². The Bertz CT molecular complexity index is 1180. The lowest BCUT2D eigenvalue weighted by Crippen LogP contribution is -2.48. The number of rotatable bonds is 6. The van der Waals surface area contributed by atoms with Crippen LogP contribution >= 0.6 is 0 Å². The molecule has 2 aromatic rings. The van der Waals surface area contributed by atoms with Crippen LogP contribution in [0.2, 0.25) is 0 Å². The van der Waals surface area contributed by atoms with E-state index in [0.29, 0.717) is 30.8 Å². The van der Waals surface area contributed by atoms with Gasteiger partial charge in [-0.3, -0.25) is 9.59 Å². The maximum atomic E-state index is 13.0. The van der Waals surface area contributed by atoms with Crippen LogP contribution in [0.1, 0.15) is 42.6 Å². The second-order valence-corrected chi connectivity index (χ2v) is 8.55. The molecule has 10 heteroatoms. The topological polar surface area (TPSA) is 135 Å². The molecule has 2 fully saturated rings. The number of nitrogens with one attached hydrogen (secondary N) is 2. The standard InChI is InChI=1S/C21H24N6O4/c1-12(2)9-26-19-14(3-6-16(28)25-10-13(7-22)11-25)8-23-27(19)21(31)17(20(26)30)18(29)24-15-4-5-15/h3,6,8,12-13,15H,4-5,9-11H2,1-2H3,(H2,24,29,30,31)/p+1/b6-3+. The minimum atomic E-state index is -0.656. The summed E-state index contributed by atoms with van der Waals surface area (Å²) in [7, 11) is 0. The molecule has 0 bridgehead atoms. The highest BCUT2D eigenvalue weighted by molar-refractivity contribution is 5.96. The number of carbonyl (C=O) groups is 2. The summed E-state index contributed by atoms with van der Waals surface area (Å²) in [6, 6.07) is 2.17. The summed E-state index contributed by atoms with van der Waals surface area (Å²) in [6.45, 7) is 5.08. The van der Waals surface area contributed by atoms with Gasteiger partial charge in [0, 0.05) is 25.2 Å². The van der Waals surface area contributed by atoms with Gasteiger partial charge in [0.2, 0.25) is 11.5 Å². The lowest BCUT2D eigenvalue weighted by atomic mass is 10.0. The fraction of sp³-hybridized carbons (Fsp3) is 0.476. The number of nitriles is 1. The number of fused-ring (bicyclic) bond motifs is 1. The number of aromatic amines is 1. The highest BCUT2D eigenvalue weighted by Crippen LogP contribution is 2.21. The van der Waals surface area contributed by atoms with Gasteiger partial charge in [-0.05, 0) is 24.8 Å². The van der Waals surface area contributed by atoms with E-state index in [1.807, 2.05) is 13.8 Å². The predicted molar refractivity (Wildman–Crippen MR) is 110 cm³/mol. The van der Waals surface area contributed by atoms with Gasteiger partial charge in [0.1, 0.15) is 0 Å². The van der Waals surface area contributed by atoms with Gasteiger partial charge in [0.15, 0.2) is 0 Å². The van der Waals surface area contributed by atoms with Crippen LogP contribution in [0.4, 0.5) is 0 Å². The first-order valence-electron chi connectivity index (χ1n) is 10.4. The first-order chi connectivity index (χ1) is 14.8. The average Bonchev–Trinajstić information content (AvgIpc) is 3.38. The summed E-state index contributed by atoms with van der Waals surface area (Å²) in [5, 5.41) is 25.3. The molecule has 2 aromatic heterocycles. The fourth-order valence-corrected chi connectivity index (χ4v) is 3.61. The number of H-pyrrole nitrogens is 1. The van der Waals surface area contributed by atoms with Crippen LogP contribution in [-0.4, -0.2) is 50.6 Å². The van der Waals surface area contributed by atoms with Crippen molar-refractivity contribution in [3.63, 3.8) is 0 Å². The molecular weight excluding hydrogens is 400 g/mol. The van der Waals surface area contributed by atoms with Crippen molar-refractivity contribution >= 4 is 23.5 Å². The second-order valence-electron chi connectivity index (χ2n) is 8.55. The minimum Gasteiger partial charge on any atom is -0.477 e. The smallest absolute Gasteiger partial charge is 0.378 e. The molecule has 2 amide bonds. The third-order valence-corrected chi connectivity index (χ3v) is 5.44.